The van der Waals surface area contributed by atoms with Crippen molar-refractivity contribution in [2.24, 2.45) is 7.05 Å². The summed E-state index contributed by atoms with van der Waals surface area (Å²) in [4.78, 5) is 30.1. The van der Waals surface area contributed by atoms with E-state index in [9.17, 15) is 22.5 Å². The molecule has 0 fully saturated rings. The first-order valence-corrected chi connectivity index (χ1v) is 11.6. The molecule has 5 rings (SSSR count). The predicted molar refractivity (Wildman–Crippen MR) is 122 cm³/mol. The van der Waals surface area contributed by atoms with E-state index in [-0.39, 0.29) is 16.5 Å². The van der Waals surface area contributed by atoms with Gasteiger partial charge in [0.25, 0.3) is 5.56 Å². The van der Waals surface area contributed by atoms with E-state index in [1.807, 2.05) is 17.7 Å². The molecule has 1 atom stereocenters. The number of imidazole rings is 1. The van der Waals surface area contributed by atoms with Crippen LogP contribution in [0.25, 0.3) is 38.9 Å². The van der Waals surface area contributed by atoms with Crippen molar-refractivity contribution in [1.82, 2.24) is 29.1 Å². The third-order valence-corrected chi connectivity index (χ3v) is 5.92. The molecular weight excluding hydrogens is 485 g/mol. The van der Waals surface area contributed by atoms with Crippen LogP contribution in [0.1, 0.15) is 0 Å². The molecule has 5 aromatic rings. The Morgan fingerprint density at radius 3 is 2.54 bits per heavy atom. The van der Waals surface area contributed by atoms with E-state index >= 15 is 0 Å². The van der Waals surface area contributed by atoms with E-state index < -0.39 is 29.0 Å². The van der Waals surface area contributed by atoms with E-state index in [1.165, 1.54) is 23.1 Å². The first kappa shape index (κ1) is 22.8. The molecule has 4 aromatic heterocycles. The average molecular weight is 500 g/mol. The van der Waals surface area contributed by atoms with E-state index in [0.717, 1.165) is 23.3 Å². The van der Waals surface area contributed by atoms with Gasteiger partial charge in [0.2, 0.25) is 5.88 Å². The highest BCUT2D eigenvalue weighted by molar-refractivity contribution is 7.90. The summed E-state index contributed by atoms with van der Waals surface area (Å²) >= 11 is -1.53. The van der Waals surface area contributed by atoms with Gasteiger partial charge in [0, 0.05) is 41.4 Å². The minimum absolute atomic E-state index is 0.000289. The number of hydrogen-bond acceptors (Lipinski definition) is 7. The van der Waals surface area contributed by atoms with E-state index in [4.69, 9.17) is 0 Å². The number of benzene rings is 1. The number of halogens is 3. The molecule has 0 N–H and O–H groups in total. The van der Waals surface area contributed by atoms with Gasteiger partial charge in [0.05, 0.1) is 29.2 Å². The van der Waals surface area contributed by atoms with Crippen LogP contribution < -0.4 is 10.3 Å². The molecular formula is C22H15F3N6O3S. The van der Waals surface area contributed by atoms with Crippen LogP contribution in [0.5, 0.6) is 5.88 Å². The molecule has 4 heterocycles. The fourth-order valence-corrected chi connectivity index (χ4v) is 4.06. The summed E-state index contributed by atoms with van der Waals surface area (Å²) in [6.07, 6.45) is 0.654. The second-order valence-corrected chi connectivity index (χ2v) is 8.82. The Hall–Kier alpha value is -3.97. The fraction of sp³-hybridized carbons (Fsp3) is 0.136. The molecule has 0 bridgehead atoms. The summed E-state index contributed by atoms with van der Waals surface area (Å²) in [5, 5.41) is 0.453. The second kappa shape index (κ2) is 8.36. The molecule has 13 heteroatoms. The smallest absolute Gasteiger partial charge is 0.574 e. The van der Waals surface area contributed by atoms with Crippen LogP contribution in [0.15, 0.2) is 65.1 Å². The number of nitrogens with zero attached hydrogens (tertiary/aromatic N) is 6. The molecule has 0 aliphatic carbocycles. The fourth-order valence-electron chi connectivity index (χ4n) is 3.64. The number of ether oxygens (including phenoxy) is 1. The van der Waals surface area contributed by atoms with Crippen LogP contribution in [-0.2, 0) is 18.2 Å². The zero-order valence-corrected chi connectivity index (χ0v) is 19.0. The summed E-state index contributed by atoms with van der Waals surface area (Å²) in [6, 6.07) is 9.20. The lowest BCUT2D eigenvalue weighted by molar-refractivity contribution is -0.276. The lowest BCUT2D eigenvalue weighted by Gasteiger charge is -2.14. The average Bonchev–Trinajstić information content (AvgIpc) is 3.18. The minimum Gasteiger partial charge on any atom is -0.609 e. The molecule has 0 aliphatic rings. The predicted octanol–water partition coefficient (Wildman–Crippen LogP) is 3.37. The number of fused-ring (bicyclic) bond motifs is 2. The maximum absolute atomic E-state index is 13.7. The van der Waals surface area contributed by atoms with Gasteiger partial charge in [-0.05, 0) is 29.8 Å². The van der Waals surface area contributed by atoms with Crippen molar-refractivity contribution in [3.8, 4) is 22.7 Å². The highest BCUT2D eigenvalue weighted by Gasteiger charge is 2.31. The molecule has 0 spiro atoms. The van der Waals surface area contributed by atoms with Gasteiger partial charge in [-0.25, -0.2) is 9.97 Å². The van der Waals surface area contributed by atoms with Gasteiger partial charge < -0.3 is 13.9 Å². The third kappa shape index (κ3) is 4.31. The summed E-state index contributed by atoms with van der Waals surface area (Å²) in [7, 11) is 1.83. The summed E-state index contributed by atoms with van der Waals surface area (Å²) < 4.78 is 56.4. The Morgan fingerprint density at radius 1 is 1.06 bits per heavy atom. The Labute approximate surface area is 198 Å². The SMILES string of the molecule is Cn1cnc2ccc(-c3cc4cnc([S+](C)[O-])nc4n(-c4ccc(OC(F)(F)F)nc4)c3=O)cc21. The van der Waals surface area contributed by atoms with E-state index in [2.05, 4.69) is 24.7 Å². The van der Waals surface area contributed by atoms with Crippen LogP contribution in [-0.4, -0.2) is 46.2 Å². The van der Waals surface area contributed by atoms with Crippen molar-refractivity contribution in [3.05, 3.63) is 65.5 Å². The van der Waals surface area contributed by atoms with Gasteiger partial charge in [-0.3, -0.25) is 9.36 Å². The van der Waals surface area contributed by atoms with Crippen molar-refractivity contribution in [1.29, 1.82) is 0 Å². The van der Waals surface area contributed by atoms with E-state index in [1.54, 1.807) is 24.5 Å². The monoisotopic (exact) mass is 500 g/mol. The van der Waals surface area contributed by atoms with Crippen LogP contribution >= 0.6 is 0 Å². The van der Waals surface area contributed by atoms with Gasteiger partial charge in [0.15, 0.2) is 5.65 Å². The van der Waals surface area contributed by atoms with Gasteiger partial charge in [-0.2, -0.15) is 9.97 Å². The van der Waals surface area contributed by atoms with Gasteiger partial charge in [0.1, 0.15) is 6.26 Å². The minimum atomic E-state index is -4.91. The molecule has 0 amide bonds. The Morgan fingerprint density at radius 2 is 1.86 bits per heavy atom. The summed E-state index contributed by atoms with van der Waals surface area (Å²) in [5.41, 5.74) is 2.21. The number of pyridine rings is 2. The van der Waals surface area contributed by atoms with Crippen LogP contribution in [0, 0.1) is 0 Å². The number of aromatic nitrogens is 6. The second-order valence-electron chi connectivity index (χ2n) is 7.55. The molecule has 178 valence electrons. The quantitative estimate of drug-likeness (QED) is 0.275. The Balaban J connectivity index is 1.75. The van der Waals surface area contributed by atoms with Gasteiger partial charge in [-0.15, -0.1) is 13.2 Å². The third-order valence-electron chi connectivity index (χ3n) is 5.21. The maximum Gasteiger partial charge on any atom is 0.574 e. The first-order valence-electron chi connectivity index (χ1n) is 10.0. The van der Waals surface area contributed by atoms with Gasteiger partial charge in [-0.1, -0.05) is 6.07 Å². The molecule has 0 saturated carbocycles. The normalized spacial score (nSPS) is 12.9. The van der Waals surface area contributed by atoms with Crippen LogP contribution in [0.4, 0.5) is 13.2 Å². The molecule has 35 heavy (non-hydrogen) atoms. The van der Waals surface area contributed by atoms with Crippen molar-refractivity contribution < 1.29 is 22.5 Å². The summed E-state index contributed by atoms with van der Waals surface area (Å²) in [6.45, 7) is 0. The largest absolute Gasteiger partial charge is 0.609 e. The molecule has 1 aromatic carbocycles. The highest BCUT2D eigenvalue weighted by atomic mass is 32.2. The molecule has 9 nitrogen and oxygen atoms in total. The number of aryl methyl sites for hydroxylation is 1. The summed E-state index contributed by atoms with van der Waals surface area (Å²) in [5.74, 6) is -0.679. The maximum atomic E-state index is 13.7. The Kier molecular flexibility index (Phi) is 5.44. The first-order chi connectivity index (χ1) is 16.6. The van der Waals surface area contributed by atoms with Crippen LogP contribution in [0.2, 0.25) is 0 Å². The van der Waals surface area contributed by atoms with Gasteiger partial charge >= 0.3 is 11.5 Å². The number of alkyl halides is 3. The van der Waals surface area contributed by atoms with Crippen molar-refractivity contribution in [3.63, 3.8) is 0 Å². The number of hydrogen-bond donors (Lipinski definition) is 0. The lowest BCUT2D eigenvalue weighted by Crippen LogP contribution is -2.23. The number of rotatable bonds is 4. The molecule has 0 aliphatic heterocycles. The zero-order valence-electron chi connectivity index (χ0n) is 18.1. The van der Waals surface area contributed by atoms with Crippen LogP contribution in [0.3, 0.4) is 0 Å². The lowest BCUT2D eigenvalue weighted by atomic mass is 10.1. The van der Waals surface area contributed by atoms with Crippen molar-refractivity contribution in [2.75, 3.05) is 6.26 Å². The molecule has 0 saturated heterocycles. The van der Waals surface area contributed by atoms with Crippen molar-refractivity contribution in [2.45, 2.75) is 11.5 Å². The standard InChI is InChI=1S/C22H15F3N6O3S/c1-30-11-28-16-5-3-12(8-17(16)30)15-7-13-9-27-21(35(2)33)29-19(13)31(20(15)32)14-4-6-18(26-10-14)34-22(23,24)25/h3-11H,1-2H3. The molecule has 1 unspecified atom stereocenters. The topological polar surface area (TPSA) is 111 Å². The Bertz CT molecular complexity index is 1630. The zero-order chi connectivity index (χ0) is 24.9. The van der Waals surface area contributed by atoms with E-state index in [0.29, 0.717) is 16.5 Å². The van der Waals surface area contributed by atoms with Crippen molar-refractivity contribution >= 4 is 33.2 Å². The molecule has 0 radical (unpaired) electrons. The highest BCUT2D eigenvalue weighted by Crippen LogP contribution is 2.26.